The van der Waals surface area contributed by atoms with Crippen molar-refractivity contribution in [1.82, 2.24) is 0 Å². The SMILES string of the molecule is CCN=C([SiH3])C(C)(O)[Si](CC)(CC)CC. The maximum Gasteiger partial charge on any atom is 0.0967 e. The number of hydrogen-bond donors (Lipinski definition) is 1. The Kier molecular flexibility index (Phi) is 5.99. The van der Waals surface area contributed by atoms with E-state index in [-0.39, 0.29) is 0 Å². The minimum Gasteiger partial charge on any atom is -0.388 e. The molecule has 0 amide bonds. The molecule has 0 aromatic rings. The summed E-state index contributed by atoms with van der Waals surface area (Å²) in [5.74, 6) is 0. The van der Waals surface area contributed by atoms with Crippen molar-refractivity contribution in [3.05, 3.63) is 0 Å². The third-order valence-electron chi connectivity index (χ3n) is 4.16. The van der Waals surface area contributed by atoms with Gasteiger partial charge in [-0.3, -0.25) is 4.99 Å². The molecule has 0 rings (SSSR count). The molecule has 4 heteroatoms. The summed E-state index contributed by atoms with van der Waals surface area (Å²) in [4.78, 5) is 4.47. The maximum absolute atomic E-state index is 10.8. The van der Waals surface area contributed by atoms with Gasteiger partial charge in [0.1, 0.15) is 0 Å². The van der Waals surface area contributed by atoms with E-state index in [4.69, 9.17) is 0 Å². The lowest BCUT2D eigenvalue weighted by Gasteiger charge is -2.42. The Bertz CT molecular complexity index is 214. The van der Waals surface area contributed by atoms with Crippen LogP contribution in [0.15, 0.2) is 4.99 Å². The van der Waals surface area contributed by atoms with Crippen LogP contribution >= 0.6 is 0 Å². The Labute approximate surface area is 98.6 Å². The van der Waals surface area contributed by atoms with E-state index in [9.17, 15) is 5.11 Å². The summed E-state index contributed by atoms with van der Waals surface area (Å²) in [6.45, 7) is 11.5. The van der Waals surface area contributed by atoms with E-state index in [1.165, 1.54) is 0 Å². The highest BCUT2D eigenvalue weighted by Crippen LogP contribution is 2.32. The van der Waals surface area contributed by atoms with E-state index >= 15 is 0 Å². The van der Waals surface area contributed by atoms with E-state index in [0.717, 1.165) is 40.3 Å². The molecule has 1 unspecified atom stereocenters. The average Bonchev–Trinajstić information content (AvgIpc) is 2.21. The number of aliphatic hydroxyl groups is 1. The Morgan fingerprint density at radius 1 is 1.20 bits per heavy atom. The summed E-state index contributed by atoms with van der Waals surface area (Å²) < 4.78 is 0. The summed E-state index contributed by atoms with van der Waals surface area (Å²) in [7, 11) is -0.699. The zero-order valence-corrected chi connectivity index (χ0v) is 14.2. The Morgan fingerprint density at radius 3 is 1.87 bits per heavy atom. The van der Waals surface area contributed by atoms with Crippen molar-refractivity contribution in [3.63, 3.8) is 0 Å². The van der Waals surface area contributed by atoms with Gasteiger partial charge in [0.25, 0.3) is 0 Å². The highest BCUT2D eigenvalue weighted by atomic mass is 28.3. The highest BCUT2D eigenvalue weighted by Gasteiger charge is 2.46. The largest absolute Gasteiger partial charge is 0.388 e. The molecule has 0 spiro atoms. The van der Waals surface area contributed by atoms with Gasteiger partial charge >= 0.3 is 0 Å². The van der Waals surface area contributed by atoms with Gasteiger partial charge in [0, 0.05) is 11.9 Å². The molecule has 0 saturated carbocycles. The van der Waals surface area contributed by atoms with Crippen LogP contribution in [0.4, 0.5) is 0 Å². The predicted octanol–water partition coefficient (Wildman–Crippen LogP) is 1.57. The molecule has 0 aromatic heterocycles. The fraction of sp³-hybridized carbons (Fsp3) is 0.909. The van der Waals surface area contributed by atoms with Gasteiger partial charge in [-0.2, -0.15) is 0 Å². The maximum atomic E-state index is 10.8. The average molecular weight is 246 g/mol. The number of aliphatic imine (C=N–C) groups is 1. The van der Waals surface area contributed by atoms with Crippen molar-refractivity contribution in [2.24, 2.45) is 4.99 Å². The third kappa shape index (κ3) is 2.79. The first kappa shape index (κ1) is 15.1. The van der Waals surface area contributed by atoms with Gasteiger partial charge in [-0.1, -0.05) is 38.9 Å². The van der Waals surface area contributed by atoms with Gasteiger partial charge in [0.2, 0.25) is 0 Å². The normalized spacial score (nSPS) is 17.9. The molecular formula is C11H27NOSi2. The van der Waals surface area contributed by atoms with Crippen molar-refractivity contribution in [1.29, 1.82) is 0 Å². The fourth-order valence-electron chi connectivity index (χ4n) is 2.56. The van der Waals surface area contributed by atoms with Crippen LogP contribution in [-0.4, -0.2) is 40.5 Å². The van der Waals surface area contributed by atoms with Crippen molar-refractivity contribution in [2.75, 3.05) is 6.54 Å². The minimum absolute atomic E-state index is 0.576. The molecule has 0 heterocycles. The Morgan fingerprint density at radius 2 is 1.60 bits per heavy atom. The lowest BCUT2D eigenvalue weighted by atomic mass is 10.4. The minimum atomic E-state index is -1.59. The zero-order valence-electron chi connectivity index (χ0n) is 11.2. The third-order valence-corrected chi connectivity index (χ3v) is 12.4. The summed E-state index contributed by atoms with van der Waals surface area (Å²) in [5.41, 5.74) is 0. The van der Waals surface area contributed by atoms with E-state index < -0.39 is 13.3 Å². The molecule has 2 nitrogen and oxygen atoms in total. The van der Waals surface area contributed by atoms with Crippen LogP contribution in [0.5, 0.6) is 0 Å². The molecule has 0 aliphatic rings. The fourth-order valence-corrected chi connectivity index (χ4v) is 8.88. The van der Waals surface area contributed by atoms with Crippen LogP contribution < -0.4 is 0 Å². The number of nitrogens with zero attached hydrogens (tertiary/aromatic N) is 1. The van der Waals surface area contributed by atoms with Crippen molar-refractivity contribution >= 4 is 23.7 Å². The van der Waals surface area contributed by atoms with Crippen LogP contribution in [0.25, 0.3) is 0 Å². The first-order valence-electron chi connectivity index (χ1n) is 6.15. The van der Waals surface area contributed by atoms with Gasteiger partial charge in [0.15, 0.2) is 0 Å². The first-order valence-corrected chi connectivity index (χ1v) is 9.77. The van der Waals surface area contributed by atoms with E-state index in [2.05, 4.69) is 25.8 Å². The number of rotatable bonds is 6. The molecule has 1 N–H and O–H groups in total. The Hall–Kier alpha value is 0.0638. The van der Waals surface area contributed by atoms with Crippen molar-refractivity contribution in [3.8, 4) is 0 Å². The molecule has 0 radical (unpaired) electrons. The molecule has 0 bridgehead atoms. The van der Waals surface area contributed by atoms with Crippen molar-refractivity contribution in [2.45, 2.75) is 58.0 Å². The second-order valence-electron chi connectivity index (χ2n) is 4.47. The van der Waals surface area contributed by atoms with Gasteiger partial charge in [-0.25, -0.2) is 0 Å². The molecular weight excluding hydrogens is 218 g/mol. The molecule has 0 aliphatic carbocycles. The lowest BCUT2D eigenvalue weighted by Crippen LogP contribution is -2.60. The molecule has 15 heavy (non-hydrogen) atoms. The van der Waals surface area contributed by atoms with Gasteiger partial charge in [0.05, 0.1) is 23.5 Å². The van der Waals surface area contributed by atoms with Gasteiger partial charge < -0.3 is 5.11 Å². The lowest BCUT2D eigenvalue weighted by molar-refractivity contribution is 0.206. The van der Waals surface area contributed by atoms with Crippen LogP contribution in [0, 0.1) is 0 Å². The van der Waals surface area contributed by atoms with Crippen LogP contribution in [-0.2, 0) is 0 Å². The molecule has 90 valence electrons. The molecule has 0 aromatic carbocycles. The van der Waals surface area contributed by atoms with Gasteiger partial charge in [-0.05, 0) is 13.8 Å². The van der Waals surface area contributed by atoms with Crippen LogP contribution in [0.1, 0.15) is 34.6 Å². The van der Waals surface area contributed by atoms with E-state index in [0.29, 0.717) is 0 Å². The summed E-state index contributed by atoms with van der Waals surface area (Å²) in [6, 6.07) is 3.45. The van der Waals surface area contributed by atoms with Crippen LogP contribution in [0.2, 0.25) is 18.1 Å². The second-order valence-corrected chi connectivity index (χ2v) is 11.1. The zero-order chi connectivity index (χ0) is 12.1. The topological polar surface area (TPSA) is 32.6 Å². The van der Waals surface area contributed by atoms with Crippen molar-refractivity contribution < 1.29 is 5.11 Å². The molecule has 1 atom stereocenters. The summed E-state index contributed by atoms with van der Waals surface area (Å²) in [5, 5.41) is 11.3. The summed E-state index contributed by atoms with van der Waals surface area (Å²) >= 11 is 0. The molecule has 0 fully saturated rings. The van der Waals surface area contributed by atoms with Gasteiger partial charge in [-0.15, -0.1) is 0 Å². The highest BCUT2D eigenvalue weighted by molar-refractivity contribution is 6.89. The quantitative estimate of drug-likeness (QED) is 0.559. The molecule has 0 aliphatic heterocycles. The monoisotopic (exact) mass is 245 g/mol. The predicted molar refractivity (Wildman–Crippen MR) is 75.7 cm³/mol. The summed E-state index contributed by atoms with van der Waals surface area (Å²) in [6.07, 6.45) is 0. The smallest absolute Gasteiger partial charge is 0.0967 e. The van der Waals surface area contributed by atoms with Crippen LogP contribution in [0.3, 0.4) is 0 Å². The molecule has 0 saturated heterocycles. The Balaban J connectivity index is 5.19. The van der Waals surface area contributed by atoms with E-state index in [1.807, 2.05) is 13.8 Å². The second kappa shape index (κ2) is 5.96. The number of hydrogen-bond acceptors (Lipinski definition) is 2. The standard InChI is InChI=1S/C11H27NOSi2/c1-6-12-10(14)11(5,13)15(7-2,8-3)9-4/h13H,6-9H2,1-5,14H3. The first-order chi connectivity index (χ1) is 6.91. The van der Waals surface area contributed by atoms with E-state index in [1.54, 1.807) is 0 Å².